The van der Waals surface area contributed by atoms with E-state index in [0.717, 1.165) is 28.5 Å². The van der Waals surface area contributed by atoms with Crippen molar-refractivity contribution < 1.29 is 9.90 Å². The number of nitrogens with zero attached hydrogens (tertiary/aromatic N) is 2. The number of phenols is 1. The number of hydrogen-bond donors (Lipinski definition) is 4. The highest BCUT2D eigenvalue weighted by atomic mass is 16.3. The van der Waals surface area contributed by atoms with Gasteiger partial charge in [-0.3, -0.25) is 4.79 Å². The molecule has 1 unspecified atom stereocenters. The second-order valence-corrected chi connectivity index (χ2v) is 7.64. The molecule has 1 amide bonds. The van der Waals surface area contributed by atoms with Crippen LogP contribution in [0.25, 0.3) is 33.4 Å². The van der Waals surface area contributed by atoms with E-state index in [1.807, 2.05) is 37.3 Å². The van der Waals surface area contributed by atoms with Crippen molar-refractivity contribution in [2.24, 2.45) is 11.5 Å². The Morgan fingerprint density at radius 2 is 1.81 bits per heavy atom. The van der Waals surface area contributed by atoms with Crippen molar-refractivity contribution in [1.29, 1.82) is 0 Å². The number of fused-ring (bicyclic) bond motifs is 1. The van der Waals surface area contributed by atoms with Gasteiger partial charge in [0.05, 0.1) is 11.1 Å². The molecule has 0 saturated heterocycles. The molecular formula is C25H25N5O2. The lowest BCUT2D eigenvalue weighted by atomic mass is 10.00. The number of benzene rings is 3. The number of nitrogens with one attached hydrogen (secondary N) is 1. The Labute approximate surface area is 186 Å². The molecule has 0 radical (unpaired) electrons. The van der Waals surface area contributed by atoms with Crippen LogP contribution in [-0.2, 0) is 0 Å². The summed E-state index contributed by atoms with van der Waals surface area (Å²) in [7, 11) is 0. The number of hydrogen-bond acceptors (Lipinski definition) is 6. The molecule has 1 atom stereocenters. The molecular weight excluding hydrogens is 402 g/mol. The fourth-order valence-corrected chi connectivity index (χ4v) is 3.45. The molecule has 6 N–H and O–H groups in total. The minimum Gasteiger partial charge on any atom is -0.507 e. The van der Waals surface area contributed by atoms with E-state index in [0.29, 0.717) is 29.3 Å². The molecule has 0 spiro atoms. The minimum atomic E-state index is -0.496. The van der Waals surface area contributed by atoms with Gasteiger partial charge in [0.2, 0.25) is 5.91 Å². The molecule has 0 fully saturated rings. The number of rotatable bonds is 7. The Morgan fingerprint density at radius 1 is 1.03 bits per heavy atom. The third-order valence-corrected chi connectivity index (χ3v) is 5.38. The highest BCUT2D eigenvalue weighted by Gasteiger charge is 2.15. The lowest BCUT2D eigenvalue weighted by Crippen LogP contribution is -2.28. The molecule has 1 heterocycles. The van der Waals surface area contributed by atoms with Crippen LogP contribution in [0.3, 0.4) is 0 Å². The van der Waals surface area contributed by atoms with Crippen molar-refractivity contribution in [2.75, 3.05) is 11.9 Å². The molecule has 0 aliphatic carbocycles. The van der Waals surface area contributed by atoms with E-state index >= 15 is 0 Å². The first kappa shape index (κ1) is 21.3. The first-order valence-electron chi connectivity index (χ1n) is 10.5. The maximum Gasteiger partial charge on any atom is 0.248 e. The predicted molar refractivity (Wildman–Crippen MR) is 127 cm³/mol. The fraction of sp³-hybridized carbons (Fsp3) is 0.160. The van der Waals surface area contributed by atoms with Crippen LogP contribution in [0.2, 0.25) is 0 Å². The van der Waals surface area contributed by atoms with Crippen molar-refractivity contribution in [1.82, 2.24) is 9.97 Å². The van der Waals surface area contributed by atoms with Crippen molar-refractivity contribution >= 4 is 22.6 Å². The summed E-state index contributed by atoms with van der Waals surface area (Å²) in [4.78, 5) is 21.0. The topological polar surface area (TPSA) is 127 Å². The summed E-state index contributed by atoms with van der Waals surface area (Å²) >= 11 is 0. The smallest absolute Gasteiger partial charge is 0.248 e. The van der Waals surface area contributed by atoms with Gasteiger partial charge in [0.25, 0.3) is 0 Å². The summed E-state index contributed by atoms with van der Waals surface area (Å²) in [5.74, 6) is 0.618. The summed E-state index contributed by atoms with van der Waals surface area (Å²) in [6.45, 7) is 2.61. The van der Waals surface area contributed by atoms with E-state index < -0.39 is 5.91 Å². The van der Waals surface area contributed by atoms with Gasteiger partial charge in [-0.15, -0.1) is 0 Å². The first-order chi connectivity index (χ1) is 15.5. The van der Waals surface area contributed by atoms with Crippen LogP contribution in [0.5, 0.6) is 5.75 Å². The van der Waals surface area contributed by atoms with Gasteiger partial charge >= 0.3 is 0 Å². The zero-order valence-electron chi connectivity index (χ0n) is 17.7. The normalized spacial score (nSPS) is 11.9. The molecule has 0 aliphatic heterocycles. The zero-order valence-corrected chi connectivity index (χ0v) is 17.7. The van der Waals surface area contributed by atoms with Crippen LogP contribution >= 0.6 is 0 Å². The van der Waals surface area contributed by atoms with Crippen LogP contribution in [-0.4, -0.2) is 33.6 Å². The number of primary amides is 1. The third kappa shape index (κ3) is 4.38. The Balaban J connectivity index is 1.81. The van der Waals surface area contributed by atoms with E-state index in [9.17, 15) is 9.90 Å². The molecule has 162 valence electrons. The lowest BCUT2D eigenvalue weighted by Gasteiger charge is -2.15. The average Bonchev–Trinajstić information content (AvgIpc) is 2.82. The largest absolute Gasteiger partial charge is 0.507 e. The number of amides is 1. The molecule has 0 aliphatic rings. The minimum absolute atomic E-state index is 0.00133. The maximum atomic E-state index is 11.6. The van der Waals surface area contributed by atoms with Crippen molar-refractivity contribution in [3.05, 3.63) is 72.3 Å². The average molecular weight is 428 g/mol. The van der Waals surface area contributed by atoms with Gasteiger partial charge in [0.1, 0.15) is 11.6 Å². The van der Waals surface area contributed by atoms with Gasteiger partial charge in [-0.2, -0.15) is 0 Å². The van der Waals surface area contributed by atoms with Crippen molar-refractivity contribution in [3.8, 4) is 28.3 Å². The third-order valence-electron chi connectivity index (χ3n) is 5.38. The van der Waals surface area contributed by atoms with E-state index in [4.69, 9.17) is 16.5 Å². The summed E-state index contributed by atoms with van der Waals surface area (Å²) in [6, 6.07) is 19.9. The first-order valence-corrected chi connectivity index (χ1v) is 10.5. The van der Waals surface area contributed by atoms with Crippen molar-refractivity contribution in [2.45, 2.75) is 19.4 Å². The highest BCUT2D eigenvalue weighted by molar-refractivity contribution is 5.94. The van der Waals surface area contributed by atoms with Crippen LogP contribution in [0.4, 0.5) is 5.82 Å². The van der Waals surface area contributed by atoms with Gasteiger partial charge in [-0.1, -0.05) is 37.3 Å². The summed E-state index contributed by atoms with van der Waals surface area (Å²) in [5, 5.41) is 14.8. The maximum absolute atomic E-state index is 11.6. The second-order valence-electron chi connectivity index (χ2n) is 7.64. The number of nitrogens with two attached hydrogens (primary N) is 2. The number of carbonyl (C=O) groups excluding carboxylic acids is 1. The molecule has 4 rings (SSSR count). The van der Waals surface area contributed by atoms with Crippen molar-refractivity contribution in [3.63, 3.8) is 0 Å². The number of phenolic OH excluding ortho intramolecular Hbond substituents is 1. The van der Waals surface area contributed by atoms with Crippen LogP contribution < -0.4 is 16.8 Å². The Kier molecular flexibility index (Phi) is 6.00. The Bertz CT molecular complexity index is 1290. The number of carbonyl (C=O) groups is 1. The van der Waals surface area contributed by atoms with Gasteiger partial charge in [0.15, 0.2) is 5.82 Å². The van der Waals surface area contributed by atoms with E-state index in [2.05, 4.69) is 10.3 Å². The van der Waals surface area contributed by atoms with E-state index in [1.165, 1.54) is 0 Å². The number of aromatic hydroxyl groups is 1. The van der Waals surface area contributed by atoms with E-state index in [-0.39, 0.29) is 11.8 Å². The number of para-hydroxylation sites is 1. The van der Waals surface area contributed by atoms with Gasteiger partial charge < -0.3 is 21.9 Å². The molecule has 32 heavy (non-hydrogen) atoms. The van der Waals surface area contributed by atoms with Crippen LogP contribution in [0, 0.1) is 0 Å². The standard InChI is InChI=1S/C25H25N5O2/c1-2-18(26)14-28-24-19-8-3-4-9-21(19)29-25(30-24)20-13-16(10-11-22(20)31)15-6-5-7-17(12-15)23(27)32/h3-13,18,31H,2,14,26H2,1H3,(H2,27,32)(H,28,29,30). The SMILES string of the molecule is CCC(N)CNc1nc(-c2cc(-c3cccc(C(N)=O)c3)ccc2O)nc2ccccc12. The number of anilines is 1. The van der Waals surface area contributed by atoms with E-state index in [1.54, 1.807) is 36.4 Å². The quantitative estimate of drug-likeness (QED) is 0.354. The number of aromatic nitrogens is 2. The van der Waals surface area contributed by atoms with Crippen LogP contribution in [0.1, 0.15) is 23.7 Å². The Hall–Kier alpha value is -3.97. The summed E-state index contributed by atoms with van der Waals surface area (Å²) in [6.07, 6.45) is 0.843. The molecule has 1 aromatic heterocycles. The molecule has 7 heteroatoms. The molecule has 4 aromatic rings. The summed E-state index contributed by atoms with van der Waals surface area (Å²) < 4.78 is 0. The second kappa shape index (κ2) is 9.03. The zero-order chi connectivity index (χ0) is 22.7. The molecule has 0 bridgehead atoms. The fourth-order valence-electron chi connectivity index (χ4n) is 3.45. The molecule has 0 saturated carbocycles. The predicted octanol–water partition coefficient (Wildman–Crippen LogP) is 3.92. The summed E-state index contributed by atoms with van der Waals surface area (Å²) in [5.41, 5.74) is 14.8. The van der Waals surface area contributed by atoms with Gasteiger partial charge in [-0.05, 0) is 53.9 Å². The van der Waals surface area contributed by atoms with Gasteiger partial charge in [-0.25, -0.2) is 9.97 Å². The van der Waals surface area contributed by atoms with Gasteiger partial charge in [0, 0.05) is 23.5 Å². The Morgan fingerprint density at radius 3 is 2.59 bits per heavy atom. The van der Waals surface area contributed by atoms with Crippen LogP contribution in [0.15, 0.2) is 66.7 Å². The molecule has 3 aromatic carbocycles. The highest BCUT2D eigenvalue weighted by Crippen LogP contribution is 2.34. The molecule has 7 nitrogen and oxygen atoms in total. The monoisotopic (exact) mass is 427 g/mol. The lowest BCUT2D eigenvalue weighted by molar-refractivity contribution is 0.100.